The number of thiazole rings is 1. The number of nitrogens with zero attached hydrogens (tertiary/aromatic N) is 3. The van der Waals surface area contributed by atoms with Gasteiger partial charge in [-0.1, -0.05) is 26.7 Å². The summed E-state index contributed by atoms with van der Waals surface area (Å²) in [6.45, 7) is 7.01. The molecule has 4 amide bonds. The minimum atomic E-state index is -0.812. The van der Waals surface area contributed by atoms with E-state index in [1.807, 2.05) is 6.92 Å². The molecule has 3 aliphatic heterocycles. The van der Waals surface area contributed by atoms with Crippen LogP contribution in [0, 0.1) is 47.3 Å². The second kappa shape index (κ2) is 9.71. The van der Waals surface area contributed by atoms with Crippen LogP contribution in [0.1, 0.15) is 61.4 Å². The summed E-state index contributed by atoms with van der Waals surface area (Å²) in [6.07, 6.45) is 2.95. The predicted molar refractivity (Wildman–Crippen MR) is 135 cm³/mol. The maximum absolute atomic E-state index is 13.9. The van der Waals surface area contributed by atoms with Crippen molar-refractivity contribution in [1.29, 1.82) is 5.26 Å². The van der Waals surface area contributed by atoms with E-state index >= 15 is 0 Å². The van der Waals surface area contributed by atoms with Crippen molar-refractivity contribution in [3.05, 3.63) is 16.1 Å². The maximum atomic E-state index is 13.9. The zero-order chi connectivity index (χ0) is 26.5. The number of carbonyl (C=O) groups is 4. The van der Waals surface area contributed by atoms with Crippen LogP contribution in [0.5, 0.6) is 0 Å². The van der Waals surface area contributed by atoms with Gasteiger partial charge in [-0.2, -0.15) is 5.26 Å². The Morgan fingerprint density at radius 3 is 2.70 bits per heavy atom. The van der Waals surface area contributed by atoms with Gasteiger partial charge in [0.25, 0.3) is 5.91 Å². The van der Waals surface area contributed by atoms with Gasteiger partial charge >= 0.3 is 0 Å². The van der Waals surface area contributed by atoms with E-state index in [2.05, 4.69) is 40.9 Å². The third-order valence-electron chi connectivity index (χ3n) is 8.94. The number of nitrogens with one attached hydrogen (secondary N) is 3. The van der Waals surface area contributed by atoms with Gasteiger partial charge < -0.3 is 20.9 Å². The highest BCUT2D eigenvalue weighted by Crippen LogP contribution is 2.65. The van der Waals surface area contributed by atoms with Crippen LogP contribution < -0.4 is 16.0 Å². The molecule has 1 aromatic heterocycles. The molecular weight excluding hydrogens is 492 g/mol. The highest BCUT2D eigenvalue weighted by Gasteiger charge is 2.69. The molecular formula is C26H34N6O4S. The number of aromatic nitrogens is 1. The number of carbonyl (C=O) groups excluding carboxylic acids is 4. The minimum Gasteiger partial charge on any atom is -0.356 e. The molecule has 0 bridgehead atoms. The molecule has 0 radical (unpaired) electrons. The first-order valence-corrected chi connectivity index (χ1v) is 14.0. The van der Waals surface area contributed by atoms with E-state index in [9.17, 15) is 24.4 Å². The van der Waals surface area contributed by atoms with Crippen molar-refractivity contribution in [1.82, 2.24) is 25.8 Å². The van der Waals surface area contributed by atoms with E-state index in [1.54, 1.807) is 10.3 Å². The van der Waals surface area contributed by atoms with Gasteiger partial charge in [0.15, 0.2) is 0 Å². The second-order valence-electron chi connectivity index (χ2n) is 11.5. The number of amides is 4. The number of fused-ring (bicyclic) bond motifs is 4. The van der Waals surface area contributed by atoms with Crippen molar-refractivity contribution < 1.29 is 19.2 Å². The normalized spacial score (nSPS) is 35.2. The summed E-state index contributed by atoms with van der Waals surface area (Å²) < 4.78 is 0. The summed E-state index contributed by atoms with van der Waals surface area (Å²) >= 11 is 1.37. The predicted octanol–water partition coefficient (Wildman–Crippen LogP) is 1.37. The number of hydrogen-bond acceptors (Lipinski definition) is 7. The van der Waals surface area contributed by atoms with Gasteiger partial charge in [-0.25, -0.2) is 4.98 Å². The lowest BCUT2D eigenvalue weighted by molar-refractivity contribution is -0.142. The van der Waals surface area contributed by atoms with E-state index in [-0.39, 0.29) is 58.9 Å². The second-order valence-corrected chi connectivity index (χ2v) is 12.6. The Morgan fingerprint density at radius 1 is 1.24 bits per heavy atom. The molecule has 198 valence electrons. The van der Waals surface area contributed by atoms with Crippen LogP contribution in [-0.4, -0.2) is 64.7 Å². The van der Waals surface area contributed by atoms with E-state index in [4.69, 9.17) is 0 Å². The average molecular weight is 527 g/mol. The topological polar surface area (TPSA) is 144 Å². The molecule has 10 nitrogen and oxygen atoms in total. The third-order valence-corrected chi connectivity index (χ3v) is 9.71. The number of nitriles is 1. The Labute approximate surface area is 220 Å². The maximum Gasteiger partial charge on any atom is 0.271 e. The Hall–Kier alpha value is -3.00. The van der Waals surface area contributed by atoms with Crippen molar-refractivity contribution >= 4 is 35.0 Å². The van der Waals surface area contributed by atoms with Crippen LogP contribution >= 0.6 is 11.3 Å². The molecule has 1 aliphatic carbocycles. The van der Waals surface area contributed by atoms with Crippen LogP contribution in [0.2, 0.25) is 0 Å². The van der Waals surface area contributed by atoms with Crippen molar-refractivity contribution in [2.24, 2.45) is 29.1 Å². The molecule has 4 heterocycles. The molecule has 3 N–H and O–H groups in total. The van der Waals surface area contributed by atoms with E-state index in [0.717, 1.165) is 17.8 Å². The molecule has 0 aromatic carbocycles. The number of piperidine rings is 1. The third kappa shape index (κ3) is 4.72. The quantitative estimate of drug-likeness (QED) is 0.531. The summed E-state index contributed by atoms with van der Waals surface area (Å²) in [7, 11) is 0. The van der Waals surface area contributed by atoms with Gasteiger partial charge in [-0.05, 0) is 49.4 Å². The lowest BCUT2D eigenvalue weighted by Crippen LogP contribution is -2.57. The monoisotopic (exact) mass is 526 g/mol. The minimum absolute atomic E-state index is 0.0104. The Bertz CT molecular complexity index is 1160. The van der Waals surface area contributed by atoms with E-state index < -0.39 is 24.0 Å². The van der Waals surface area contributed by atoms with E-state index in [1.165, 1.54) is 11.3 Å². The molecule has 37 heavy (non-hydrogen) atoms. The SMILES string of the molecule is Cc1nc(C(=O)N[C@H]2CCCC[C@H]3CNC(=O)[C@H]3C[C@@H](C#N)NC(=O)[C@@H]3[C@@H]4[C@H](CN3C2=O)C4(C)C)cs1. The van der Waals surface area contributed by atoms with E-state index in [0.29, 0.717) is 25.9 Å². The van der Waals surface area contributed by atoms with Crippen molar-refractivity contribution in [2.75, 3.05) is 13.1 Å². The zero-order valence-corrected chi connectivity index (χ0v) is 22.3. The summed E-state index contributed by atoms with van der Waals surface area (Å²) in [5.74, 6) is -1.17. The fourth-order valence-corrected chi connectivity index (χ4v) is 7.30. The van der Waals surface area contributed by atoms with Crippen LogP contribution in [0.3, 0.4) is 0 Å². The van der Waals surface area contributed by atoms with Crippen LogP contribution in [0.15, 0.2) is 5.38 Å². The molecule has 11 heteroatoms. The van der Waals surface area contributed by atoms with Crippen LogP contribution in [0.4, 0.5) is 0 Å². The Morgan fingerprint density at radius 2 is 2.00 bits per heavy atom. The summed E-state index contributed by atoms with van der Waals surface area (Å²) in [5.41, 5.74) is 0.198. The van der Waals surface area contributed by atoms with Gasteiger partial charge in [0, 0.05) is 24.4 Å². The molecule has 0 spiro atoms. The van der Waals surface area contributed by atoms with Crippen LogP contribution in [-0.2, 0) is 14.4 Å². The van der Waals surface area contributed by atoms with Gasteiger partial charge in [0.05, 0.1) is 11.1 Å². The van der Waals surface area contributed by atoms with Crippen molar-refractivity contribution in [2.45, 2.75) is 71.0 Å². The Balaban J connectivity index is 1.42. The highest BCUT2D eigenvalue weighted by molar-refractivity contribution is 7.09. The lowest BCUT2D eigenvalue weighted by Gasteiger charge is -2.34. The molecule has 4 aliphatic rings. The van der Waals surface area contributed by atoms with Gasteiger partial charge in [-0.15, -0.1) is 11.3 Å². The molecule has 3 saturated heterocycles. The summed E-state index contributed by atoms with van der Waals surface area (Å²) in [4.78, 5) is 58.8. The first-order chi connectivity index (χ1) is 17.6. The molecule has 7 atom stereocenters. The van der Waals surface area contributed by atoms with Gasteiger partial charge in [0.1, 0.15) is 23.8 Å². The first kappa shape index (κ1) is 25.6. The fourth-order valence-electron chi connectivity index (χ4n) is 6.70. The molecule has 1 saturated carbocycles. The first-order valence-electron chi connectivity index (χ1n) is 13.1. The van der Waals surface area contributed by atoms with Crippen molar-refractivity contribution in [3.63, 3.8) is 0 Å². The standard InChI is InChI=1S/C26H34N6O4S/c1-13-29-19(12-37-13)23(34)31-18-7-5-4-6-14-10-28-22(33)16(14)8-15(9-27)30-24(35)21-20-17(26(20,2)3)11-32(21)25(18)36/h12,14-18,20-21H,4-8,10-11H2,1-3H3,(H,28,33)(H,30,35)(H,31,34)/t14-,15-,16-,17-,18-,20-,21-/m0/s1. The summed E-state index contributed by atoms with van der Waals surface area (Å²) in [5, 5.41) is 20.9. The average Bonchev–Trinajstić information content (AvgIpc) is 3.35. The van der Waals surface area contributed by atoms with Gasteiger partial charge in [0.2, 0.25) is 17.7 Å². The van der Waals surface area contributed by atoms with Gasteiger partial charge in [-0.3, -0.25) is 19.2 Å². The molecule has 5 rings (SSSR count). The highest BCUT2D eigenvalue weighted by atomic mass is 32.1. The summed E-state index contributed by atoms with van der Waals surface area (Å²) in [6, 6.07) is -0.134. The van der Waals surface area contributed by atoms with Crippen molar-refractivity contribution in [3.8, 4) is 6.07 Å². The smallest absolute Gasteiger partial charge is 0.271 e. The molecule has 1 aromatic rings. The fraction of sp³-hybridized carbons (Fsp3) is 0.692. The number of aryl methyl sites for hydroxylation is 1. The Kier molecular flexibility index (Phi) is 6.73. The van der Waals surface area contributed by atoms with Crippen LogP contribution in [0.25, 0.3) is 0 Å². The number of hydrogen-bond donors (Lipinski definition) is 3. The lowest BCUT2D eigenvalue weighted by atomic mass is 9.85. The molecule has 4 fully saturated rings. The largest absolute Gasteiger partial charge is 0.356 e. The molecule has 0 unspecified atom stereocenters. The zero-order valence-electron chi connectivity index (χ0n) is 21.5. The number of rotatable bonds is 2.